The molecule has 0 aliphatic heterocycles. The number of hydrogen-bond acceptors (Lipinski definition) is 7. The molecular formula is C26H25F2N7O. The van der Waals surface area contributed by atoms with Crippen LogP contribution >= 0.6 is 0 Å². The van der Waals surface area contributed by atoms with Crippen molar-refractivity contribution in [3.63, 3.8) is 0 Å². The first-order valence-corrected chi connectivity index (χ1v) is 12.0. The summed E-state index contributed by atoms with van der Waals surface area (Å²) in [6, 6.07) is 5.57. The average Bonchev–Trinajstić information content (AvgIpc) is 3.46. The normalized spacial score (nSPS) is 22.6. The van der Waals surface area contributed by atoms with E-state index < -0.39 is 23.2 Å². The Morgan fingerprint density at radius 3 is 2.64 bits per heavy atom. The van der Waals surface area contributed by atoms with E-state index in [-0.39, 0.29) is 22.6 Å². The molecule has 1 aromatic carbocycles. The van der Waals surface area contributed by atoms with Gasteiger partial charge in [0.1, 0.15) is 23.2 Å². The van der Waals surface area contributed by atoms with E-state index in [0.29, 0.717) is 23.8 Å². The van der Waals surface area contributed by atoms with Gasteiger partial charge in [0.05, 0.1) is 40.4 Å². The third kappa shape index (κ3) is 3.13. The molecule has 2 bridgehead atoms. The Morgan fingerprint density at radius 1 is 1.11 bits per heavy atom. The SMILES string of the molecule is C[C@@H](O)Cc1nc(-c2cncc([C@@]34CC[C@@H](c5cc(-c6c(F)cccc6F)nnc53)C4(C)C)n2)n[nH]1. The maximum Gasteiger partial charge on any atom is 0.201 e. The van der Waals surface area contributed by atoms with E-state index in [1.807, 2.05) is 0 Å². The number of rotatable bonds is 5. The quantitative estimate of drug-likeness (QED) is 0.433. The van der Waals surface area contributed by atoms with Crippen molar-refractivity contribution in [2.24, 2.45) is 5.41 Å². The number of nitrogens with one attached hydrogen (secondary N) is 1. The van der Waals surface area contributed by atoms with E-state index in [0.717, 1.165) is 29.8 Å². The van der Waals surface area contributed by atoms with Gasteiger partial charge in [0.2, 0.25) is 5.82 Å². The largest absolute Gasteiger partial charge is 0.393 e. The van der Waals surface area contributed by atoms with Crippen LogP contribution in [0, 0.1) is 17.0 Å². The molecule has 2 aliphatic carbocycles. The molecule has 0 radical (unpaired) electrons. The van der Waals surface area contributed by atoms with E-state index in [2.05, 4.69) is 44.2 Å². The maximum absolute atomic E-state index is 14.5. The standard InChI is InChI=1S/C26H25F2N7O/c1-13(36)9-21-31-24(35-33-21)19-11-29-12-20(30-19)26-8-7-15(25(26,2)3)14-10-18(32-34-23(14)26)22-16(27)5-4-6-17(22)28/h4-6,10-13,15,36H,7-9H2,1-3H3,(H,31,33,35)/t13-,15+,26+/m1/s1. The molecule has 0 spiro atoms. The molecule has 2 aliphatic rings. The molecule has 6 rings (SSSR count). The second kappa shape index (κ2) is 7.92. The summed E-state index contributed by atoms with van der Waals surface area (Å²) in [5, 5.41) is 25.6. The van der Waals surface area contributed by atoms with Crippen LogP contribution in [0.2, 0.25) is 0 Å². The van der Waals surface area contributed by atoms with E-state index in [9.17, 15) is 13.9 Å². The number of benzene rings is 1. The fraction of sp³-hybridized carbons (Fsp3) is 0.385. The van der Waals surface area contributed by atoms with Crippen LogP contribution in [0.5, 0.6) is 0 Å². The third-order valence-corrected chi connectivity index (χ3v) is 7.92. The van der Waals surface area contributed by atoms with Crippen molar-refractivity contribution in [3.05, 3.63) is 71.1 Å². The number of aliphatic hydroxyl groups is 1. The monoisotopic (exact) mass is 489 g/mol. The lowest BCUT2D eigenvalue weighted by molar-refractivity contribution is 0.193. The van der Waals surface area contributed by atoms with Crippen molar-refractivity contribution in [3.8, 4) is 22.8 Å². The summed E-state index contributed by atoms with van der Waals surface area (Å²) >= 11 is 0. The van der Waals surface area contributed by atoms with Gasteiger partial charge >= 0.3 is 0 Å². The number of hydrogen-bond donors (Lipinski definition) is 2. The lowest BCUT2D eigenvalue weighted by atomic mass is 9.66. The molecular weight excluding hydrogens is 464 g/mol. The van der Waals surface area contributed by atoms with Crippen molar-refractivity contribution in [2.75, 3.05) is 0 Å². The average molecular weight is 490 g/mol. The third-order valence-electron chi connectivity index (χ3n) is 7.92. The Labute approximate surface area is 206 Å². The van der Waals surface area contributed by atoms with Gasteiger partial charge in [-0.2, -0.15) is 10.2 Å². The highest BCUT2D eigenvalue weighted by atomic mass is 19.1. The molecule has 1 saturated carbocycles. The van der Waals surface area contributed by atoms with Crippen molar-refractivity contribution >= 4 is 0 Å². The van der Waals surface area contributed by atoms with Gasteiger partial charge in [0, 0.05) is 12.6 Å². The second-order valence-electron chi connectivity index (χ2n) is 10.3. The molecule has 184 valence electrons. The molecule has 4 aromatic rings. The lowest BCUT2D eigenvalue weighted by Crippen LogP contribution is -2.38. The summed E-state index contributed by atoms with van der Waals surface area (Å²) in [4.78, 5) is 13.9. The number of aromatic amines is 1. The summed E-state index contributed by atoms with van der Waals surface area (Å²) in [7, 11) is 0. The van der Waals surface area contributed by atoms with Crippen LogP contribution in [0.1, 0.15) is 62.3 Å². The van der Waals surface area contributed by atoms with Gasteiger partial charge in [0.25, 0.3) is 0 Å². The Kier molecular flexibility index (Phi) is 5.01. The van der Waals surface area contributed by atoms with E-state index in [1.165, 1.54) is 18.2 Å². The smallest absolute Gasteiger partial charge is 0.201 e. The van der Waals surface area contributed by atoms with Crippen LogP contribution in [-0.2, 0) is 11.8 Å². The first-order valence-electron chi connectivity index (χ1n) is 12.0. The molecule has 3 heterocycles. The Balaban J connectivity index is 1.46. The summed E-state index contributed by atoms with van der Waals surface area (Å²) in [6.45, 7) is 6.04. The van der Waals surface area contributed by atoms with Gasteiger partial charge in [0.15, 0.2) is 0 Å². The second-order valence-corrected chi connectivity index (χ2v) is 10.3. The van der Waals surface area contributed by atoms with Crippen molar-refractivity contribution in [1.29, 1.82) is 0 Å². The predicted molar refractivity (Wildman–Crippen MR) is 127 cm³/mol. The molecule has 10 heteroatoms. The first kappa shape index (κ1) is 22.8. The summed E-state index contributed by atoms with van der Waals surface area (Å²) < 4.78 is 29.0. The Bertz CT molecular complexity index is 1460. The predicted octanol–water partition coefficient (Wildman–Crippen LogP) is 4.12. The Morgan fingerprint density at radius 2 is 1.89 bits per heavy atom. The van der Waals surface area contributed by atoms with Crippen LogP contribution in [0.3, 0.4) is 0 Å². The van der Waals surface area contributed by atoms with Gasteiger partial charge in [-0.15, -0.1) is 5.10 Å². The molecule has 3 aromatic heterocycles. The summed E-state index contributed by atoms with van der Waals surface area (Å²) in [6.07, 6.45) is 4.86. The van der Waals surface area contributed by atoms with Crippen LogP contribution < -0.4 is 0 Å². The molecule has 1 fully saturated rings. The number of halogens is 2. The Hall–Kier alpha value is -3.66. The van der Waals surface area contributed by atoms with Crippen molar-refractivity contribution in [2.45, 2.75) is 57.5 Å². The molecule has 0 saturated heterocycles. The fourth-order valence-corrected chi connectivity index (χ4v) is 6.22. The molecule has 0 unspecified atom stereocenters. The number of nitrogens with zero attached hydrogens (tertiary/aromatic N) is 6. The molecule has 2 N–H and O–H groups in total. The van der Waals surface area contributed by atoms with Crippen LogP contribution in [0.15, 0.2) is 36.7 Å². The lowest BCUT2D eigenvalue weighted by Gasteiger charge is -2.37. The van der Waals surface area contributed by atoms with Crippen molar-refractivity contribution in [1.82, 2.24) is 35.3 Å². The zero-order valence-electron chi connectivity index (χ0n) is 20.1. The first-order chi connectivity index (χ1) is 17.2. The summed E-state index contributed by atoms with van der Waals surface area (Å²) in [5.74, 6) is -0.235. The molecule has 3 atom stereocenters. The zero-order chi connectivity index (χ0) is 25.2. The van der Waals surface area contributed by atoms with Gasteiger partial charge in [-0.1, -0.05) is 19.9 Å². The fourth-order valence-electron chi connectivity index (χ4n) is 6.22. The van der Waals surface area contributed by atoms with Gasteiger partial charge in [-0.3, -0.25) is 10.1 Å². The minimum atomic E-state index is -0.665. The number of aliphatic hydroxyl groups excluding tert-OH is 1. The minimum Gasteiger partial charge on any atom is -0.393 e. The van der Waals surface area contributed by atoms with Crippen LogP contribution in [0.4, 0.5) is 8.78 Å². The highest BCUT2D eigenvalue weighted by Crippen LogP contribution is 2.69. The van der Waals surface area contributed by atoms with E-state index in [4.69, 9.17) is 4.98 Å². The van der Waals surface area contributed by atoms with Crippen molar-refractivity contribution < 1.29 is 13.9 Å². The summed E-state index contributed by atoms with van der Waals surface area (Å²) in [5.41, 5.74) is 2.17. The highest BCUT2D eigenvalue weighted by Gasteiger charge is 2.65. The van der Waals surface area contributed by atoms with Gasteiger partial charge in [-0.05, 0) is 54.9 Å². The van der Waals surface area contributed by atoms with Crippen LogP contribution in [0.25, 0.3) is 22.8 Å². The highest BCUT2D eigenvalue weighted by molar-refractivity contribution is 5.64. The van der Waals surface area contributed by atoms with Gasteiger partial charge in [-0.25, -0.2) is 18.7 Å². The zero-order valence-corrected chi connectivity index (χ0v) is 20.1. The molecule has 0 amide bonds. The number of H-pyrrole nitrogens is 1. The molecule has 8 nitrogen and oxygen atoms in total. The van der Waals surface area contributed by atoms with E-state index in [1.54, 1.807) is 25.4 Å². The van der Waals surface area contributed by atoms with E-state index >= 15 is 0 Å². The topological polar surface area (TPSA) is 113 Å². The maximum atomic E-state index is 14.5. The minimum absolute atomic E-state index is 0.128. The van der Waals surface area contributed by atoms with Crippen LogP contribution in [-0.4, -0.2) is 46.6 Å². The number of aromatic nitrogens is 7. The molecule has 36 heavy (non-hydrogen) atoms. The van der Waals surface area contributed by atoms with Gasteiger partial charge < -0.3 is 5.11 Å². The number of fused-ring (bicyclic) bond motifs is 5.